The number of carboxylic acids is 1. The molecule has 0 heterocycles. The van der Waals surface area contributed by atoms with E-state index in [2.05, 4.69) is 54.5 Å². The maximum Gasteiger partial charge on any atom is 0.313 e. The molecular weight excluding hydrogens is 429 g/mol. The van der Waals surface area contributed by atoms with Crippen LogP contribution in [0.3, 0.4) is 0 Å². The van der Waals surface area contributed by atoms with Crippen LogP contribution in [0.25, 0.3) is 0 Å². The van der Waals surface area contributed by atoms with Crippen molar-refractivity contribution in [3.63, 3.8) is 0 Å². The predicted molar refractivity (Wildman–Crippen MR) is 78.1 cm³/mol. The zero-order chi connectivity index (χ0) is 14.4. The quantitative estimate of drug-likeness (QED) is 0.294. The topological polar surface area (TPSA) is 37.3 Å². The Balaban J connectivity index is 0. The van der Waals surface area contributed by atoms with Crippen LogP contribution in [0.15, 0.2) is 0 Å². The van der Waals surface area contributed by atoms with Crippen molar-refractivity contribution in [2.75, 3.05) is 5.75 Å². The second-order valence-electron chi connectivity index (χ2n) is 5.04. The number of aliphatic carboxylic acids is 1. The van der Waals surface area contributed by atoms with Gasteiger partial charge in [-0.2, -0.15) is 12.6 Å². The summed E-state index contributed by atoms with van der Waals surface area (Å²) in [7, 11) is 0. The van der Waals surface area contributed by atoms with Gasteiger partial charge in [0.1, 0.15) is 0 Å². The van der Waals surface area contributed by atoms with Gasteiger partial charge >= 0.3 is 103 Å². The molecule has 114 valence electrons. The molecule has 0 aliphatic heterocycles. The van der Waals surface area contributed by atoms with E-state index in [9.17, 15) is 4.79 Å². The van der Waals surface area contributed by atoms with E-state index in [-0.39, 0.29) is 5.75 Å². The van der Waals surface area contributed by atoms with Gasteiger partial charge in [-0.3, -0.25) is 4.79 Å². The van der Waals surface area contributed by atoms with Gasteiger partial charge in [0.05, 0.1) is 5.75 Å². The Morgan fingerprint density at radius 2 is 1.50 bits per heavy atom. The van der Waals surface area contributed by atoms with Crippen molar-refractivity contribution >= 4 is 18.6 Å². The maximum atomic E-state index is 9.29. The average molecular weight is 458 g/mol. The Kier molecular flexibility index (Phi) is 16.2. The molecular formula is C14H29AuO2S. The molecule has 0 bridgehead atoms. The molecule has 0 aliphatic carbocycles. The van der Waals surface area contributed by atoms with E-state index in [1.54, 1.807) is 0 Å². The van der Waals surface area contributed by atoms with Gasteiger partial charge in [0.15, 0.2) is 0 Å². The van der Waals surface area contributed by atoms with Crippen molar-refractivity contribution in [3.8, 4) is 0 Å². The molecule has 0 aromatic carbocycles. The first-order chi connectivity index (χ1) is 8.33. The van der Waals surface area contributed by atoms with Crippen LogP contribution >= 0.6 is 12.6 Å². The monoisotopic (exact) mass is 458 g/mol. The summed E-state index contributed by atoms with van der Waals surface area (Å²) in [6.07, 6.45) is 11.3. The summed E-state index contributed by atoms with van der Waals surface area (Å²) in [4.78, 5) is 9.29. The SMILES string of the molecule is CCCCCCCCC[C](C)(C)[Au].O=C(O)CS. The molecule has 0 saturated heterocycles. The van der Waals surface area contributed by atoms with Crippen LogP contribution in [0, 0.1) is 0 Å². The first kappa shape index (κ1) is 20.9. The molecule has 18 heavy (non-hydrogen) atoms. The molecule has 0 rings (SSSR count). The summed E-state index contributed by atoms with van der Waals surface area (Å²) in [5.74, 6) is -0.965. The first-order valence-corrected chi connectivity index (χ1v) is 8.52. The first-order valence-electron chi connectivity index (χ1n) is 6.81. The predicted octanol–water partition coefficient (Wildman–Crippen LogP) is 4.87. The zero-order valence-corrected chi connectivity index (χ0v) is 15.0. The summed E-state index contributed by atoms with van der Waals surface area (Å²) in [6, 6.07) is 0. The molecule has 0 fully saturated rings. The molecule has 0 radical (unpaired) electrons. The zero-order valence-electron chi connectivity index (χ0n) is 12.0. The van der Waals surface area contributed by atoms with E-state index in [1.807, 2.05) is 0 Å². The Hall–Kier alpha value is 0.560. The Morgan fingerprint density at radius 3 is 1.83 bits per heavy atom. The second-order valence-corrected chi connectivity index (χ2v) is 8.29. The van der Waals surface area contributed by atoms with E-state index < -0.39 is 5.97 Å². The summed E-state index contributed by atoms with van der Waals surface area (Å²) in [6.45, 7) is 6.90. The van der Waals surface area contributed by atoms with Crippen LogP contribution in [0.4, 0.5) is 0 Å². The fourth-order valence-electron chi connectivity index (χ4n) is 1.49. The van der Waals surface area contributed by atoms with Crippen LogP contribution in [0.5, 0.6) is 0 Å². The molecule has 0 saturated carbocycles. The van der Waals surface area contributed by atoms with Crippen molar-refractivity contribution in [2.24, 2.45) is 0 Å². The van der Waals surface area contributed by atoms with Gasteiger partial charge < -0.3 is 5.11 Å². The normalized spacial score (nSPS) is 10.8. The molecule has 4 heteroatoms. The minimum Gasteiger partial charge on any atom is -0.481 e. The summed E-state index contributed by atoms with van der Waals surface area (Å²) in [5.41, 5.74) is 0. The largest absolute Gasteiger partial charge is 0.481 e. The molecule has 0 aliphatic rings. The third-order valence-corrected chi connectivity index (χ3v) is 3.30. The molecule has 0 unspecified atom stereocenters. The number of rotatable bonds is 9. The van der Waals surface area contributed by atoms with Crippen LogP contribution in [0.1, 0.15) is 72.1 Å². The molecule has 0 amide bonds. The smallest absolute Gasteiger partial charge is 0.313 e. The van der Waals surface area contributed by atoms with Crippen molar-refractivity contribution in [2.45, 2.75) is 75.8 Å². The molecule has 0 spiro atoms. The molecule has 0 aromatic rings. The minimum absolute atomic E-state index is 0.0833. The molecule has 0 atom stereocenters. The van der Waals surface area contributed by atoms with Gasteiger partial charge in [-0.05, 0) is 0 Å². The van der Waals surface area contributed by atoms with Gasteiger partial charge in [0.2, 0.25) is 0 Å². The minimum atomic E-state index is -0.881. The van der Waals surface area contributed by atoms with E-state index >= 15 is 0 Å². The van der Waals surface area contributed by atoms with Crippen molar-refractivity contribution in [3.05, 3.63) is 0 Å². The number of thiol groups is 1. The number of unbranched alkanes of at least 4 members (excludes halogenated alkanes) is 6. The summed E-state index contributed by atoms with van der Waals surface area (Å²) < 4.78 is 0.490. The van der Waals surface area contributed by atoms with Gasteiger partial charge in [-0.1, -0.05) is 0 Å². The number of carboxylic acid groups (broad SMARTS) is 1. The van der Waals surface area contributed by atoms with Gasteiger partial charge in [0.25, 0.3) is 0 Å². The van der Waals surface area contributed by atoms with Crippen LogP contribution in [-0.2, 0) is 25.9 Å². The van der Waals surface area contributed by atoms with Crippen molar-refractivity contribution in [1.29, 1.82) is 0 Å². The van der Waals surface area contributed by atoms with Gasteiger partial charge in [0, 0.05) is 0 Å². The Bertz CT molecular complexity index is 191. The van der Waals surface area contributed by atoms with Gasteiger partial charge in [-0.15, -0.1) is 0 Å². The van der Waals surface area contributed by atoms with Gasteiger partial charge in [-0.25, -0.2) is 0 Å². The molecule has 1 N–H and O–H groups in total. The number of hydrogen-bond donors (Lipinski definition) is 2. The molecule has 0 aromatic heterocycles. The standard InChI is InChI=1S/C12H25.C2H4O2S.Au/c1-4-5-6-7-8-9-10-11-12(2)3;3-2(4)1-5;/h4-11H2,1-3H3;5H,1H2,(H,3,4);. The Labute approximate surface area is 131 Å². The summed E-state index contributed by atoms with van der Waals surface area (Å²) >= 11 is 6.15. The van der Waals surface area contributed by atoms with Crippen molar-refractivity contribution in [1.82, 2.24) is 0 Å². The van der Waals surface area contributed by atoms with Crippen LogP contribution < -0.4 is 0 Å². The average Bonchev–Trinajstić information content (AvgIpc) is 2.27. The number of hydrogen-bond acceptors (Lipinski definition) is 2. The van der Waals surface area contributed by atoms with E-state index in [0.29, 0.717) is 3.63 Å². The van der Waals surface area contributed by atoms with Crippen LogP contribution in [-0.4, -0.2) is 16.8 Å². The second kappa shape index (κ2) is 14.0. The van der Waals surface area contributed by atoms with Crippen molar-refractivity contribution < 1.29 is 31.0 Å². The number of carbonyl (C=O) groups is 1. The van der Waals surface area contributed by atoms with Crippen LogP contribution in [0.2, 0.25) is 3.63 Å². The van der Waals surface area contributed by atoms with E-state index in [0.717, 1.165) is 0 Å². The van der Waals surface area contributed by atoms with E-state index in [4.69, 9.17) is 5.11 Å². The third kappa shape index (κ3) is 25.4. The Morgan fingerprint density at radius 1 is 1.11 bits per heavy atom. The third-order valence-electron chi connectivity index (χ3n) is 2.49. The molecule has 2 nitrogen and oxygen atoms in total. The fraction of sp³-hybridized carbons (Fsp3) is 0.929. The maximum absolute atomic E-state index is 9.29. The van der Waals surface area contributed by atoms with E-state index in [1.165, 1.54) is 51.4 Å². The fourth-order valence-corrected chi connectivity index (χ4v) is 1.87. The summed E-state index contributed by atoms with van der Waals surface area (Å²) in [5, 5.41) is 7.65.